The molecular formula is C10H10N2O3S. The lowest BCUT2D eigenvalue weighted by Crippen LogP contribution is -1.95. The SMILES string of the molecule is COc1ncc([N+](=O)[O-])cc1C#CCCS. The zero-order chi connectivity index (χ0) is 12.0. The van der Waals surface area contributed by atoms with Crippen molar-refractivity contribution in [2.75, 3.05) is 12.9 Å². The summed E-state index contributed by atoms with van der Waals surface area (Å²) in [5.41, 5.74) is 0.314. The van der Waals surface area contributed by atoms with Gasteiger partial charge in [-0.25, -0.2) is 4.98 Å². The van der Waals surface area contributed by atoms with Crippen LogP contribution in [0, 0.1) is 22.0 Å². The van der Waals surface area contributed by atoms with Gasteiger partial charge in [-0.2, -0.15) is 12.6 Å². The van der Waals surface area contributed by atoms with Crippen LogP contribution in [-0.2, 0) is 0 Å². The summed E-state index contributed by atoms with van der Waals surface area (Å²) in [6, 6.07) is 1.34. The summed E-state index contributed by atoms with van der Waals surface area (Å²) in [7, 11) is 1.44. The number of hydrogen-bond acceptors (Lipinski definition) is 5. The van der Waals surface area contributed by atoms with Gasteiger partial charge in [0.25, 0.3) is 5.69 Å². The molecule has 0 aliphatic carbocycles. The standard InChI is InChI=1S/C10H10N2O3S/c1-15-10-8(4-2-3-5-16)6-9(7-11-10)12(13)14/h6-7,16H,3,5H2,1H3. The van der Waals surface area contributed by atoms with E-state index in [1.165, 1.54) is 13.2 Å². The van der Waals surface area contributed by atoms with Crippen molar-refractivity contribution < 1.29 is 9.66 Å². The predicted octanol–water partition coefficient (Wildman–Crippen LogP) is 1.67. The molecule has 1 rings (SSSR count). The Morgan fingerprint density at radius 1 is 1.69 bits per heavy atom. The summed E-state index contributed by atoms with van der Waals surface area (Å²) in [6.45, 7) is 0. The van der Waals surface area contributed by atoms with Crippen LogP contribution >= 0.6 is 12.6 Å². The number of thiol groups is 1. The summed E-state index contributed by atoms with van der Waals surface area (Å²) in [4.78, 5) is 13.8. The number of hydrogen-bond donors (Lipinski definition) is 1. The van der Waals surface area contributed by atoms with Gasteiger partial charge in [-0.1, -0.05) is 11.8 Å². The average Bonchev–Trinajstić information content (AvgIpc) is 2.29. The highest BCUT2D eigenvalue weighted by atomic mass is 32.1. The van der Waals surface area contributed by atoms with E-state index in [0.717, 1.165) is 6.20 Å². The third-order valence-corrected chi connectivity index (χ3v) is 1.92. The molecule has 0 bridgehead atoms. The highest BCUT2D eigenvalue weighted by molar-refractivity contribution is 7.80. The molecule has 84 valence electrons. The Balaban J connectivity index is 3.08. The van der Waals surface area contributed by atoms with Crippen LogP contribution in [0.15, 0.2) is 12.3 Å². The molecule has 0 saturated heterocycles. The van der Waals surface area contributed by atoms with E-state index in [9.17, 15) is 10.1 Å². The summed E-state index contributed by atoms with van der Waals surface area (Å²) >= 11 is 4.01. The fourth-order valence-corrected chi connectivity index (χ4v) is 1.12. The van der Waals surface area contributed by atoms with Gasteiger partial charge in [0.2, 0.25) is 5.88 Å². The molecule has 1 heterocycles. The zero-order valence-corrected chi connectivity index (χ0v) is 9.53. The number of pyridine rings is 1. The molecule has 0 aliphatic heterocycles. The summed E-state index contributed by atoms with van der Waals surface area (Å²) < 4.78 is 4.96. The summed E-state index contributed by atoms with van der Waals surface area (Å²) in [5.74, 6) is 6.52. The highest BCUT2D eigenvalue weighted by Crippen LogP contribution is 2.19. The molecule has 0 unspecified atom stereocenters. The van der Waals surface area contributed by atoms with Gasteiger partial charge in [0.05, 0.1) is 17.6 Å². The monoisotopic (exact) mass is 238 g/mol. The predicted molar refractivity (Wildman–Crippen MR) is 62.8 cm³/mol. The first-order valence-electron chi connectivity index (χ1n) is 4.47. The van der Waals surface area contributed by atoms with E-state index in [4.69, 9.17) is 4.74 Å². The Bertz CT molecular complexity index is 451. The van der Waals surface area contributed by atoms with Gasteiger partial charge in [-0.3, -0.25) is 10.1 Å². The summed E-state index contributed by atoms with van der Waals surface area (Å²) in [6.07, 6.45) is 1.75. The van der Waals surface area contributed by atoms with Crippen molar-refractivity contribution in [3.63, 3.8) is 0 Å². The van der Waals surface area contributed by atoms with Crippen molar-refractivity contribution in [3.8, 4) is 17.7 Å². The third-order valence-electron chi connectivity index (χ3n) is 1.70. The lowest BCUT2D eigenvalue weighted by molar-refractivity contribution is -0.385. The van der Waals surface area contributed by atoms with Gasteiger partial charge in [-0.15, -0.1) is 0 Å². The van der Waals surface area contributed by atoms with Crippen molar-refractivity contribution in [1.82, 2.24) is 4.98 Å². The normalized spacial score (nSPS) is 9.12. The van der Waals surface area contributed by atoms with E-state index in [1.54, 1.807) is 0 Å². The van der Waals surface area contributed by atoms with E-state index in [-0.39, 0.29) is 11.6 Å². The molecule has 0 N–H and O–H groups in total. The molecule has 0 amide bonds. The smallest absolute Gasteiger partial charge is 0.289 e. The average molecular weight is 238 g/mol. The summed E-state index contributed by atoms with van der Waals surface area (Å²) in [5, 5.41) is 10.5. The van der Waals surface area contributed by atoms with Crippen LogP contribution in [0.3, 0.4) is 0 Å². The number of nitrogens with zero attached hydrogens (tertiary/aromatic N) is 2. The molecule has 16 heavy (non-hydrogen) atoms. The molecule has 0 atom stereocenters. The lowest BCUT2D eigenvalue weighted by atomic mass is 10.2. The van der Waals surface area contributed by atoms with Gasteiger partial charge < -0.3 is 4.74 Å². The fourth-order valence-electron chi connectivity index (χ4n) is 1.01. The molecule has 6 heteroatoms. The third kappa shape index (κ3) is 3.14. The maximum Gasteiger partial charge on any atom is 0.289 e. The Labute approximate surface area is 98.4 Å². The lowest BCUT2D eigenvalue weighted by Gasteiger charge is -2.00. The minimum Gasteiger partial charge on any atom is -0.480 e. The van der Waals surface area contributed by atoms with Crippen LogP contribution in [-0.4, -0.2) is 22.8 Å². The Morgan fingerprint density at radius 3 is 3.00 bits per heavy atom. The van der Waals surface area contributed by atoms with Crippen LogP contribution in [0.4, 0.5) is 5.69 Å². The first-order chi connectivity index (χ1) is 7.69. The van der Waals surface area contributed by atoms with Crippen molar-refractivity contribution >= 4 is 18.3 Å². The molecule has 5 nitrogen and oxygen atoms in total. The number of ether oxygens (including phenoxy) is 1. The minimum absolute atomic E-state index is 0.101. The highest BCUT2D eigenvalue weighted by Gasteiger charge is 2.10. The Morgan fingerprint density at radius 2 is 2.44 bits per heavy atom. The second kappa shape index (κ2) is 5.98. The molecule has 0 fully saturated rings. The van der Waals surface area contributed by atoms with Gasteiger partial charge in [0.1, 0.15) is 6.20 Å². The molecule has 0 aliphatic rings. The second-order valence-corrected chi connectivity index (χ2v) is 3.23. The molecule has 0 spiro atoms. The van der Waals surface area contributed by atoms with Crippen LogP contribution in [0.2, 0.25) is 0 Å². The topological polar surface area (TPSA) is 65.3 Å². The minimum atomic E-state index is -0.518. The van der Waals surface area contributed by atoms with Crippen molar-refractivity contribution in [3.05, 3.63) is 27.9 Å². The first-order valence-corrected chi connectivity index (χ1v) is 5.10. The number of aromatic nitrogens is 1. The molecule has 0 saturated carbocycles. The molecular weight excluding hydrogens is 228 g/mol. The largest absolute Gasteiger partial charge is 0.480 e. The van der Waals surface area contributed by atoms with E-state index < -0.39 is 4.92 Å². The van der Waals surface area contributed by atoms with Gasteiger partial charge in [0.15, 0.2) is 0 Å². The van der Waals surface area contributed by atoms with E-state index in [0.29, 0.717) is 17.7 Å². The zero-order valence-electron chi connectivity index (χ0n) is 8.64. The van der Waals surface area contributed by atoms with E-state index in [2.05, 4.69) is 29.5 Å². The van der Waals surface area contributed by atoms with Gasteiger partial charge in [-0.05, 0) is 0 Å². The van der Waals surface area contributed by atoms with Crippen molar-refractivity contribution in [2.45, 2.75) is 6.42 Å². The molecule has 0 radical (unpaired) electrons. The quantitative estimate of drug-likeness (QED) is 0.376. The molecule has 0 aromatic carbocycles. The number of methoxy groups -OCH3 is 1. The molecule has 1 aromatic rings. The van der Waals surface area contributed by atoms with Crippen LogP contribution in [0.5, 0.6) is 5.88 Å². The molecule has 1 aromatic heterocycles. The number of rotatable bonds is 3. The van der Waals surface area contributed by atoms with Crippen LogP contribution in [0.25, 0.3) is 0 Å². The van der Waals surface area contributed by atoms with Crippen molar-refractivity contribution in [2.24, 2.45) is 0 Å². The van der Waals surface area contributed by atoms with E-state index in [1.807, 2.05) is 0 Å². The maximum absolute atomic E-state index is 10.5. The van der Waals surface area contributed by atoms with Crippen molar-refractivity contribution in [1.29, 1.82) is 0 Å². The maximum atomic E-state index is 10.5. The van der Waals surface area contributed by atoms with Crippen LogP contribution < -0.4 is 4.74 Å². The van der Waals surface area contributed by atoms with Gasteiger partial charge >= 0.3 is 0 Å². The Hall–Kier alpha value is -1.74. The van der Waals surface area contributed by atoms with E-state index >= 15 is 0 Å². The number of nitro groups is 1. The first kappa shape index (κ1) is 12.3. The Kier molecular flexibility index (Phi) is 4.61. The van der Waals surface area contributed by atoms with Gasteiger partial charge in [0, 0.05) is 18.2 Å². The fraction of sp³-hybridized carbons (Fsp3) is 0.300. The second-order valence-electron chi connectivity index (χ2n) is 2.78. The van der Waals surface area contributed by atoms with Crippen LogP contribution in [0.1, 0.15) is 12.0 Å².